The summed E-state index contributed by atoms with van der Waals surface area (Å²) in [6.07, 6.45) is 1.91. The molecule has 1 aromatic heterocycles. The summed E-state index contributed by atoms with van der Waals surface area (Å²) in [5, 5.41) is 11.9. The lowest BCUT2D eigenvalue weighted by Crippen LogP contribution is -2.35. The molecule has 0 spiro atoms. The molecule has 1 aromatic rings. The van der Waals surface area contributed by atoms with E-state index in [1.54, 1.807) is 0 Å². The van der Waals surface area contributed by atoms with Crippen LogP contribution in [0, 0.1) is 0 Å². The van der Waals surface area contributed by atoms with Crippen molar-refractivity contribution in [1.82, 2.24) is 15.4 Å². The van der Waals surface area contributed by atoms with E-state index in [-0.39, 0.29) is 17.4 Å². The molecule has 1 amide bonds. The summed E-state index contributed by atoms with van der Waals surface area (Å²) in [7, 11) is -2.65. The highest BCUT2D eigenvalue weighted by molar-refractivity contribution is 7.53. The van der Waals surface area contributed by atoms with Gasteiger partial charge < -0.3 is 14.7 Å². The molecule has 18 heavy (non-hydrogen) atoms. The van der Waals surface area contributed by atoms with E-state index >= 15 is 0 Å². The van der Waals surface area contributed by atoms with Crippen molar-refractivity contribution >= 4 is 13.5 Å². The highest BCUT2D eigenvalue weighted by Gasteiger charge is 2.27. The van der Waals surface area contributed by atoms with Crippen molar-refractivity contribution in [3.8, 4) is 5.75 Å². The number of hydrogen-bond acceptors (Lipinski definition) is 6. The average molecular weight is 275 g/mol. The second-order valence-corrected chi connectivity index (χ2v) is 5.12. The Labute approximate surface area is 104 Å². The van der Waals surface area contributed by atoms with E-state index in [9.17, 15) is 19.5 Å². The Morgan fingerprint density at radius 1 is 1.67 bits per heavy atom. The predicted molar refractivity (Wildman–Crippen MR) is 62.1 cm³/mol. The van der Waals surface area contributed by atoms with Crippen molar-refractivity contribution in [2.75, 3.05) is 19.9 Å². The SMILES string of the molecule is CNCC(=O)N(O)CP(=O)(O)Oc1cccnc1. The van der Waals surface area contributed by atoms with Crippen molar-refractivity contribution in [1.29, 1.82) is 0 Å². The first kappa shape index (κ1) is 14.6. The summed E-state index contributed by atoms with van der Waals surface area (Å²) in [6.45, 7) is -0.149. The van der Waals surface area contributed by atoms with Gasteiger partial charge in [-0.25, -0.2) is 9.63 Å². The number of hydroxylamine groups is 2. The van der Waals surface area contributed by atoms with Gasteiger partial charge in [-0.3, -0.25) is 15.0 Å². The van der Waals surface area contributed by atoms with Gasteiger partial charge in [-0.15, -0.1) is 0 Å². The predicted octanol–water partition coefficient (Wildman–Crippen LogP) is 0.0405. The molecule has 100 valence electrons. The van der Waals surface area contributed by atoms with Crippen LogP contribution in [0.1, 0.15) is 0 Å². The quantitative estimate of drug-likeness (QED) is 0.381. The topological polar surface area (TPSA) is 112 Å². The number of rotatable bonds is 6. The van der Waals surface area contributed by atoms with Crippen molar-refractivity contribution in [2.24, 2.45) is 0 Å². The second kappa shape index (κ2) is 6.46. The van der Waals surface area contributed by atoms with Crippen molar-refractivity contribution in [2.45, 2.75) is 0 Å². The van der Waals surface area contributed by atoms with Crippen LogP contribution in [0.2, 0.25) is 0 Å². The molecule has 0 aromatic carbocycles. The zero-order valence-corrected chi connectivity index (χ0v) is 10.6. The number of amides is 1. The molecular weight excluding hydrogens is 261 g/mol. The molecule has 0 aliphatic rings. The van der Waals surface area contributed by atoms with Crippen LogP contribution in [0.4, 0.5) is 0 Å². The van der Waals surface area contributed by atoms with Crippen molar-refractivity contribution in [3.63, 3.8) is 0 Å². The van der Waals surface area contributed by atoms with Gasteiger partial charge in [0, 0.05) is 6.20 Å². The standard InChI is InChI=1S/C9H14N3O5P/c1-10-6-9(13)12(14)7-18(15,16)17-8-3-2-4-11-5-8/h2-5,10,14H,6-7H2,1H3,(H,15,16). The van der Waals surface area contributed by atoms with Gasteiger partial charge in [-0.05, 0) is 19.2 Å². The van der Waals surface area contributed by atoms with Gasteiger partial charge >= 0.3 is 7.60 Å². The summed E-state index contributed by atoms with van der Waals surface area (Å²) < 4.78 is 16.4. The summed E-state index contributed by atoms with van der Waals surface area (Å²) in [4.78, 5) is 24.4. The number of aromatic nitrogens is 1. The zero-order chi connectivity index (χ0) is 13.6. The lowest BCUT2D eigenvalue weighted by atomic mass is 10.5. The van der Waals surface area contributed by atoms with Crippen LogP contribution in [0.5, 0.6) is 5.75 Å². The Morgan fingerprint density at radius 3 is 2.94 bits per heavy atom. The van der Waals surface area contributed by atoms with Gasteiger partial charge in [0.1, 0.15) is 5.75 Å². The van der Waals surface area contributed by atoms with Crippen LogP contribution in [0.25, 0.3) is 0 Å². The minimum absolute atomic E-state index is 0.0813. The summed E-state index contributed by atoms with van der Waals surface area (Å²) in [6, 6.07) is 2.96. The highest BCUT2D eigenvalue weighted by Crippen LogP contribution is 2.42. The highest BCUT2D eigenvalue weighted by atomic mass is 31.2. The molecular formula is C9H14N3O5P. The fraction of sp³-hybridized carbons (Fsp3) is 0.333. The first-order valence-corrected chi connectivity index (χ1v) is 6.76. The van der Waals surface area contributed by atoms with E-state index in [1.165, 1.54) is 31.6 Å². The molecule has 0 fully saturated rings. The average Bonchev–Trinajstić information content (AvgIpc) is 2.29. The number of carbonyl (C=O) groups excluding carboxylic acids is 1. The van der Waals surface area contributed by atoms with E-state index in [2.05, 4.69) is 10.3 Å². The molecule has 1 unspecified atom stereocenters. The number of likely N-dealkylation sites (N-methyl/N-ethyl adjacent to an activating group) is 1. The largest absolute Gasteiger partial charge is 0.422 e. The van der Waals surface area contributed by atoms with Crippen LogP contribution in [-0.4, -0.2) is 45.9 Å². The normalized spacial score (nSPS) is 13.7. The summed E-state index contributed by atoms with van der Waals surface area (Å²) in [5.74, 6) is -0.653. The smallest absolute Gasteiger partial charge is 0.398 e. The summed E-state index contributed by atoms with van der Waals surface area (Å²) >= 11 is 0. The minimum atomic E-state index is -4.16. The fourth-order valence-electron chi connectivity index (χ4n) is 1.09. The molecule has 0 bridgehead atoms. The fourth-order valence-corrected chi connectivity index (χ4v) is 2.08. The third-order valence-corrected chi connectivity index (χ3v) is 2.93. The Kier molecular flexibility index (Phi) is 5.24. The molecule has 9 heteroatoms. The number of nitrogens with zero attached hydrogens (tertiary/aromatic N) is 2. The van der Waals surface area contributed by atoms with Crippen LogP contribution in [0.3, 0.4) is 0 Å². The van der Waals surface area contributed by atoms with Gasteiger partial charge in [0.05, 0.1) is 12.7 Å². The summed E-state index contributed by atoms with van der Waals surface area (Å²) in [5.41, 5.74) is 0. The Morgan fingerprint density at radius 2 is 2.39 bits per heavy atom. The van der Waals surface area contributed by atoms with E-state index in [4.69, 9.17) is 4.52 Å². The van der Waals surface area contributed by atoms with Crippen molar-refractivity contribution in [3.05, 3.63) is 24.5 Å². The monoisotopic (exact) mass is 275 g/mol. The molecule has 0 aliphatic heterocycles. The molecule has 0 saturated heterocycles. The number of pyridine rings is 1. The molecule has 0 saturated carbocycles. The van der Waals surface area contributed by atoms with Crippen molar-refractivity contribution < 1.29 is 24.0 Å². The maximum Gasteiger partial charge on any atom is 0.398 e. The molecule has 0 radical (unpaired) electrons. The lowest BCUT2D eigenvalue weighted by molar-refractivity contribution is -0.160. The van der Waals surface area contributed by atoms with Crippen LogP contribution in [-0.2, 0) is 9.36 Å². The molecule has 1 rings (SSSR count). The van der Waals surface area contributed by atoms with E-state index in [1.807, 2.05) is 0 Å². The van der Waals surface area contributed by atoms with Gasteiger partial charge in [-0.2, -0.15) is 0 Å². The van der Waals surface area contributed by atoms with Gasteiger partial charge in [-0.1, -0.05) is 0 Å². The number of carbonyl (C=O) groups is 1. The Balaban J connectivity index is 2.59. The van der Waals surface area contributed by atoms with Crippen LogP contribution in [0.15, 0.2) is 24.5 Å². The van der Waals surface area contributed by atoms with E-state index < -0.39 is 19.8 Å². The molecule has 0 aliphatic carbocycles. The molecule has 1 atom stereocenters. The lowest BCUT2D eigenvalue weighted by Gasteiger charge is -2.19. The van der Waals surface area contributed by atoms with E-state index in [0.717, 1.165) is 0 Å². The number of nitrogens with one attached hydrogen (secondary N) is 1. The second-order valence-electron chi connectivity index (χ2n) is 3.38. The first-order valence-electron chi connectivity index (χ1n) is 5.00. The Bertz CT molecular complexity index is 441. The third kappa shape index (κ3) is 4.80. The van der Waals surface area contributed by atoms with Gasteiger partial charge in [0.25, 0.3) is 5.91 Å². The molecule has 8 nitrogen and oxygen atoms in total. The van der Waals surface area contributed by atoms with Crippen LogP contribution >= 0.6 is 7.60 Å². The minimum Gasteiger partial charge on any atom is -0.422 e. The zero-order valence-electron chi connectivity index (χ0n) is 9.68. The molecule has 1 heterocycles. The Hall–Kier alpha value is -1.47. The first-order chi connectivity index (χ1) is 8.44. The third-order valence-electron chi connectivity index (χ3n) is 1.81. The van der Waals surface area contributed by atoms with Gasteiger partial charge in [0.2, 0.25) is 0 Å². The number of hydrogen-bond donors (Lipinski definition) is 3. The van der Waals surface area contributed by atoms with Crippen LogP contribution < -0.4 is 9.84 Å². The maximum atomic E-state index is 11.6. The van der Waals surface area contributed by atoms with Gasteiger partial charge in [0.15, 0.2) is 6.29 Å². The maximum absolute atomic E-state index is 11.6. The molecule has 3 N–H and O–H groups in total. The van der Waals surface area contributed by atoms with E-state index in [0.29, 0.717) is 0 Å².